The molecule has 0 radical (unpaired) electrons. The summed E-state index contributed by atoms with van der Waals surface area (Å²) in [5, 5.41) is 0. The second-order valence-electron chi connectivity index (χ2n) is 6.55. The highest BCUT2D eigenvalue weighted by atomic mass is 16.2. The first kappa shape index (κ1) is 18.9. The second kappa shape index (κ2) is 9.18. The van der Waals surface area contributed by atoms with Crippen LogP contribution >= 0.6 is 0 Å². The predicted molar refractivity (Wildman–Crippen MR) is 101 cm³/mol. The Kier molecular flexibility index (Phi) is 6.95. The van der Waals surface area contributed by atoms with E-state index in [-0.39, 0.29) is 11.5 Å². The summed E-state index contributed by atoms with van der Waals surface area (Å²) in [4.78, 5) is 28.3. The van der Waals surface area contributed by atoms with Gasteiger partial charge in [-0.2, -0.15) is 0 Å². The molecule has 0 bridgehead atoms. The van der Waals surface area contributed by atoms with Crippen molar-refractivity contribution in [3.8, 4) is 0 Å². The summed E-state index contributed by atoms with van der Waals surface area (Å²) in [6.45, 7) is 2.18. The first-order valence-electron chi connectivity index (χ1n) is 8.62. The average Bonchev–Trinajstić information content (AvgIpc) is 2.60. The predicted octanol–water partition coefficient (Wildman–Crippen LogP) is 2.02. The van der Waals surface area contributed by atoms with Crippen LogP contribution in [-0.2, 0) is 13.5 Å². The standard InChI is InChI=1S/C20H27N3O2/c1-21(2)14-15-23(13-7-10-17-8-5-4-6-9-17)20(25)18-11-12-19(24)22(3)16-18/h4-6,8-9,11-12,16H,7,10,13-15H2,1-3H3. The number of amides is 1. The molecule has 0 unspecified atom stereocenters. The number of likely N-dealkylation sites (N-methyl/N-ethyl adjacent to an activating group) is 1. The van der Waals surface area contributed by atoms with E-state index < -0.39 is 0 Å². The maximum atomic E-state index is 12.9. The van der Waals surface area contributed by atoms with E-state index in [1.54, 1.807) is 19.3 Å². The van der Waals surface area contributed by atoms with Gasteiger partial charge in [0.1, 0.15) is 0 Å². The van der Waals surface area contributed by atoms with Gasteiger partial charge in [-0.1, -0.05) is 30.3 Å². The zero-order chi connectivity index (χ0) is 18.2. The van der Waals surface area contributed by atoms with E-state index in [0.29, 0.717) is 18.7 Å². The molecule has 0 atom stereocenters. The van der Waals surface area contributed by atoms with Gasteiger partial charge in [-0.25, -0.2) is 0 Å². The van der Waals surface area contributed by atoms with Gasteiger partial charge < -0.3 is 14.4 Å². The summed E-state index contributed by atoms with van der Waals surface area (Å²) in [5.41, 5.74) is 1.73. The number of aryl methyl sites for hydroxylation is 2. The van der Waals surface area contributed by atoms with Crippen molar-refractivity contribution in [3.63, 3.8) is 0 Å². The molecule has 0 fully saturated rings. The molecule has 0 aliphatic heterocycles. The molecule has 134 valence electrons. The zero-order valence-electron chi connectivity index (χ0n) is 15.3. The van der Waals surface area contributed by atoms with Crippen molar-refractivity contribution >= 4 is 5.91 Å². The van der Waals surface area contributed by atoms with Crippen molar-refractivity contribution < 1.29 is 4.79 Å². The van der Waals surface area contributed by atoms with Crippen LogP contribution in [0.3, 0.4) is 0 Å². The highest BCUT2D eigenvalue weighted by Gasteiger charge is 2.16. The van der Waals surface area contributed by atoms with Gasteiger partial charge in [-0.15, -0.1) is 0 Å². The molecule has 0 saturated carbocycles. The van der Waals surface area contributed by atoms with Crippen molar-refractivity contribution in [2.24, 2.45) is 7.05 Å². The zero-order valence-corrected chi connectivity index (χ0v) is 15.3. The fourth-order valence-electron chi connectivity index (χ4n) is 2.66. The molecule has 5 nitrogen and oxygen atoms in total. The molecule has 2 rings (SSSR count). The Balaban J connectivity index is 2.04. The van der Waals surface area contributed by atoms with Gasteiger partial charge in [0.25, 0.3) is 5.91 Å². The molecular weight excluding hydrogens is 314 g/mol. The number of nitrogens with zero attached hydrogens (tertiary/aromatic N) is 3. The van der Waals surface area contributed by atoms with Gasteiger partial charge in [-0.05, 0) is 38.6 Å². The summed E-state index contributed by atoms with van der Waals surface area (Å²) < 4.78 is 1.45. The average molecular weight is 341 g/mol. The first-order chi connectivity index (χ1) is 12.0. The number of carbonyl (C=O) groups excluding carboxylic acids is 1. The number of rotatable bonds is 8. The van der Waals surface area contributed by atoms with Crippen molar-refractivity contribution in [3.05, 3.63) is 70.1 Å². The number of hydrogen-bond acceptors (Lipinski definition) is 3. The van der Waals surface area contributed by atoms with Gasteiger partial charge >= 0.3 is 0 Å². The van der Waals surface area contributed by atoms with E-state index in [9.17, 15) is 9.59 Å². The minimum Gasteiger partial charge on any atom is -0.337 e. The lowest BCUT2D eigenvalue weighted by Crippen LogP contribution is -2.38. The Labute approximate surface area is 149 Å². The van der Waals surface area contributed by atoms with Crippen LogP contribution < -0.4 is 5.56 Å². The van der Waals surface area contributed by atoms with Crippen LogP contribution in [0.25, 0.3) is 0 Å². The molecule has 1 aromatic carbocycles. The molecule has 0 aliphatic rings. The van der Waals surface area contributed by atoms with Gasteiger partial charge in [0.15, 0.2) is 0 Å². The number of pyridine rings is 1. The monoisotopic (exact) mass is 341 g/mol. The molecule has 1 aromatic heterocycles. The van der Waals surface area contributed by atoms with E-state index in [2.05, 4.69) is 17.0 Å². The van der Waals surface area contributed by atoms with Gasteiger partial charge in [0.2, 0.25) is 5.56 Å². The van der Waals surface area contributed by atoms with Gasteiger partial charge in [0.05, 0.1) is 5.56 Å². The molecule has 25 heavy (non-hydrogen) atoms. The molecule has 0 spiro atoms. The number of carbonyl (C=O) groups is 1. The molecule has 0 aliphatic carbocycles. The smallest absolute Gasteiger partial charge is 0.255 e. The molecule has 0 saturated heterocycles. The highest BCUT2D eigenvalue weighted by Crippen LogP contribution is 2.07. The maximum absolute atomic E-state index is 12.9. The lowest BCUT2D eigenvalue weighted by molar-refractivity contribution is 0.0742. The Morgan fingerprint density at radius 3 is 2.36 bits per heavy atom. The van der Waals surface area contributed by atoms with E-state index >= 15 is 0 Å². The lowest BCUT2D eigenvalue weighted by atomic mass is 10.1. The Bertz CT molecular complexity index is 738. The third kappa shape index (κ3) is 5.87. The largest absolute Gasteiger partial charge is 0.337 e. The number of aromatic nitrogens is 1. The van der Waals surface area contributed by atoms with E-state index in [0.717, 1.165) is 19.4 Å². The van der Waals surface area contributed by atoms with Crippen LogP contribution in [0.15, 0.2) is 53.5 Å². The molecule has 5 heteroatoms. The van der Waals surface area contributed by atoms with Gasteiger partial charge in [-0.3, -0.25) is 9.59 Å². The molecule has 1 amide bonds. The van der Waals surface area contributed by atoms with E-state index in [1.165, 1.54) is 16.2 Å². The summed E-state index contributed by atoms with van der Waals surface area (Å²) in [7, 11) is 5.66. The Hall–Kier alpha value is -2.40. The first-order valence-corrected chi connectivity index (χ1v) is 8.62. The van der Waals surface area contributed by atoms with E-state index in [4.69, 9.17) is 0 Å². The quantitative estimate of drug-likeness (QED) is 0.738. The van der Waals surface area contributed by atoms with Gasteiger partial charge in [0, 0.05) is 38.9 Å². The third-order valence-corrected chi connectivity index (χ3v) is 4.17. The summed E-state index contributed by atoms with van der Waals surface area (Å²) in [6.07, 6.45) is 3.47. The fraction of sp³-hybridized carbons (Fsp3) is 0.400. The minimum absolute atomic E-state index is 0.0227. The lowest BCUT2D eigenvalue weighted by Gasteiger charge is -2.24. The Morgan fingerprint density at radius 2 is 1.72 bits per heavy atom. The Morgan fingerprint density at radius 1 is 1.00 bits per heavy atom. The van der Waals surface area contributed by atoms with Crippen LogP contribution in [0, 0.1) is 0 Å². The number of benzene rings is 1. The fourth-order valence-corrected chi connectivity index (χ4v) is 2.66. The van der Waals surface area contributed by atoms with Crippen LogP contribution in [0.5, 0.6) is 0 Å². The molecule has 1 heterocycles. The van der Waals surface area contributed by atoms with Crippen LogP contribution in [0.2, 0.25) is 0 Å². The second-order valence-corrected chi connectivity index (χ2v) is 6.55. The van der Waals surface area contributed by atoms with Crippen molar-refractivity contribution in [1.29, 1.82) is 0 Å². The molecule has 2 aromatic rings. The third-order valence-electron chi connectivity index (χ3n) is 4.17. The summed E-state index contributed by atoms with van der Waals surface area (Å²) >= 11 is 0. The molecule has 0 N–H and O–H groups in total. The summed E-state index contributed by atoms with van der Waals surface area (Å²) in [5.74, 6) is -0.0227. The van der Waals surface area contributed by atoms with Crippen LogP contribution in [0.1, 0.15) is 22.3 Å². The minimum atomic E-state index is -0.111. The summed E-state index contributed by atoms with van der Waals surface area (Å²) in [6, 6.07) is 13.4. The van der Waals surface area contributed by atoms with E-state index in [1.807, 2.05) is 37.2 Å². The van der Waals surface area contributed by atoms with Crippen LogP contribution in [-0.4, -0.2) is 54.0 Å². The normalized spacial score (nSPS) is 10.9. The molecular formula is C20H27N3O2. The van der Waals surface area contributed by atoms with Crippen molar-refractivity contribution in [1.82, 2.24) is 14.4 Å². The maximum Gasteiger partial charge on any atom is 0.255 e. The topological polar surface area (TPSA) is 45.6 Å². The SMILES string of the molecule is CN(C)CCN(CCCc1ccccc1)C(=O)c1ccc(=O)n(C)c1. The van der Waals surface area contributed by atoms with Crippen molar-refractivity contribution in [2.75, 3.05) is 33.7 Å². The van der Waals surface area contributed by atoms with Crippen molar-refractivity contribution in [2.45, 2.75) is 12.8 Å². The highest BCUT2D eigenvalue weighted by molar-refractivity contribution is 5.93. The number of hydrogen-bond donors (Lipinski definition) is 0. The van der Waals surface area contributed by atoms with Crippen LogP contribution in [0.4, 0.5) is 0 Å².